The molecule has 1 N–H and O–H groups in total. The zero-order chi connectivity index (χ0) is 27.6. The molecule has 2 heterocycles. The number of rotatable bonds is 8. The number of nitro benzene ring substituents is 1. The number of non-ortho nitro benzene ring substituents is 1. The van der Waals surface area contributed by atoms with E-state index in [1.807, 2.05) is 30.3 Å². The molecule has 9 nitrogen and oxygen atoms in total. The van der Waals surface area contributed by atoms with Gasteiger partial charge in [-0.2, -0.15) is 5.26 Å². The van der Waals surface area contributed by atoms with E-state index >= 15 is 0 Å². The summed E-state index contributed by atoms with van der Waals surface area (Å²) in [7, 11) is 1.65. The van der Waals surface area contributed by atoms with Crippen molar-refractivity contribution in [1.29, 1.82) is 5.26 Å². The first-order valence-electron chi connectivity index (χ1n) is 14.0. The van der Waals surface area contributed by atoms with E-state index in [1.165, 1.54) is 4.90 Å². The van der Waals surface area contributed by atoms with Gasteiger partial charge >= 0.3 is 6.09 Å². The summed E-state index contributed by atoms with van der Waals surface area (Å²) in [4.78, 5) is 28.7. The summed E-state index contributed by atoms with van der Waals surface area (Å²) < 4.78 is 0. The Bertz CT molecular complexity index is 1200. The SMILES string of the molecule is CN(C(=O)O)[C@@H]1CCC[C@H]1C(C#N)(c1ccccc1)C1CCN(CC2CN(c3ccc([N+](=O)[O-])cc3)C2)CC1. The quantitative estimate of drug-likeness (QED) is 0.377. The van der Waals surface area contributed by atoms with Crippen LogP contribution in [-0.4, -0.2) is 71.7 Å². The van der Waals surface area contributed by atoms with E-state index in [2.05, 4.69) is 28.0 Å². The predicted octanol–water partition coefficient (Wildman–Crippen LogP) is 4.98. The maximum absolute atomic E-state index is 11.9. The number of nitriles is 1. The Labute approximate surface area is 229 Å². The second-order valence-electron chi connectivity index (χ2n) is 11.5. The van der Waals surface area contributed by atoms with E-state index in [4.69, 9.17) is 0 Å². The van der Waals surface area contributed by atoms with Gasteiger partial charge in [-0.05, 0) is 62.4 Å². The van der Waals surface area contributed by atoms with Crippen LogP contribution in [-0.2, 0) is 5.41 Å². The summed E-state index contributed by atoms with van der Waals surface area (Å²) in [5.74, 6) is 0.700. The molecule has 1 aliphatic carbocycles. The normalized spacial score (nSPS) is 23.9. The number of nitrogens with zero attached hydrogens (tertiary/aromatic N) is 5. The molecule has 1 amide bonds. The highest BCUT2D eigenvalue weighted by Crippen LogP contribution is 2.51. The Morgan fingerprint density at radius 2 is 1.77 bits per heavy atom. The van der Waals surface area contributed by atoms with E-state index in [-0.39, 0.29) is 28.5 Å². The van der Waals surface area contributed by atoms with Crippen LogP contribution in [0.2, 0.25) is 0 Å². The zero-order valence-electron chi connectivity index (χ0n) is 22.5. The molecule has 0 spiro atoms. The minimum atomic E-state index is -0.926. The lowest BCUT2D eigenvalue weighted by Gasteiger charge is -2.48. The molecule has 2 aromatic rings. The van der Waals surface area contributed by atoms with E-state index in [1.54, 1.807) is 19.2 Å². The molecular formula is C30H37N5O4. The van der Waals surface area contributed by atoms with Crippen molar-refractivity contribution in [1.82, 2.24) is 9.80 Å². The molecule has 2 aromatic carbocycles. The maximum Gasteiger partial charge on any atom is 0.407 e. The van der Waals surface area contributed by atoms with Crippen LogP contribution >= 0.6 is 0 Å². The monoisotopic (exact) mass is 531 g/mol. The van der Waals surface area contributed by atoms with Crippen molar-refractivity contribution in [3.63, 3.8) is 0 Å². The molecule has 2 aliphatic heterocycles. The molecule has 3 fully saturated rings. The number of likely N-dealkylation sites (tertiary alicyclic amines) is 1. The van der Waals surface area contributed by atoms with Gasteiger partial charge in [-0.25, -0.2) is 4.79 Å². The van der Waals surface area contributed by atoms with Crippen molar-refractivity contribution in [3.8, 4) is 6.07 Å². The van der Waals surface area contributed by atoms with Crippen molar-refractivity contribution in [2.75, 3.05) is 44.7 Å². The van der Waals surface area contributed by atoms with Crippen molar-refractivity contribution in [2.24, 2.45) is 17.8 Å². The van der Waals surface area contributed by atoms with Crippen LogP contribution in [0.1, 0.15) is 37.7 Å². The number of piperidine rings is 1. The Morgan fingerprint density at radius 1 is 1.10 bits per heavy atom. The van der Waals surface area contributed by atoms with E-state index in [9.17, 15) is 25.3 Å². The molecule has 39 heavy (non-hydrogen) atoms. The number of hydrogen-bond donors (Lipinski definition) is 1. The number of benzene rings is 2. The zero-order valence-corrected chi connectivity index (χ0v) is 22.5. The van der Waals surface area contributed by atoms with Gasteiger partial charge in [0.05, 0.1) is 16.4 Å². The topological polar surface area (TPSA) is 114 Å². The van der Waals surface area contributed by atoms with Gasteiger partial charge < -0.3 is 19.8 Å². The molecule has 0 radical (unpaired) electrons. The maximum atomic E-state index is 11.9. The number of anilines is 1. The first-order chi connectivity index (χ1) is 18.8. The van der Waals surface area contributed by atoms with Gasteiger partial charge in [0.2, 0.25) is 0 Å². The molecule has 0 bridgehead atoms. The highest BCUT2D eigenvalue weighted by Gasteiger charge is 2.53. The van der Waals surface area contributed by atoms with Crippen LogP contribution in [0.5, 0.6) is 0 Å². The molecule has 1 saturated carbocycles. The Morgan fingerprint density at radius 3 is 2.36 bits per heavy atom. The van der Waals surface area contributed by atoms with Crippen molar-refractivity contribution in [2.45, 2.75) is 43.6 Å². The Balaban J connectivity index is 1.24. The lowest BCUT2D eigenvalue weighted by Crippen LogP contribution is -2.55. The van der Waals surface area contributed by atoms with Crippen molar-refractivity contribution < 1.29 is 14.8 Å². The summed E-state index contributed by atoms with van der Waals surface area (Å²) in [5.41, 5.74) is 1.46. The third kappa shape index (κ3) is 5.18. The van der Waals surface area contributed by atoms with Crippen molar-refractivity contribution >= 4 is 17.5 Å². The van der Waals surface area contributed by atoms with Crippen LogP contribution in [0.4, 0.5) is 16.2 Å². The molecule has 206 valence electrons. The van der Waals surface area contributed by atoms with E-state index in [0.717, 1.165) is 76.1 Å². The van der Waals surface area contributed by atoms with Crippen LogP contribution in [0, 0.1) is 39.2 Å². The molecule has 1 unspecified atom stereocenters. The minimum Gasteiger partial charge on any atom is -0.465 e. The van der Waals surface area contributed by atoms with Gasteiger partial charge in [-0.15, -0.1) is 0 Å². The smallest absolute Gasteiger partial charge is 0.407 e. The second kappa shape index (κ2) is 11.2. The minimum absolute atomic E-state index is 0.0237. The van der Waals surface area contributed by atoms with Crippen LogP contribution in [0.25, 0.3) is 0 Å². The molecule has 0 aromatic heterocycles. The third-order valence-corrected chi connectivity index (χ3v) is 9.43. The lowest BCUT2D eigenvalue weighted by molar-refractivity contribution is -0.384. The summed E-state index contributed by atoms with van der Waals surface area (Å²) in [6, 6.07) is 19.5. The molecular weight excluding hydrogens is 494 g/mol. The van der Waals surface area contributed by atoms with Crippen molar-refractivity contribution in [3.05, 3.63) is 70.3 Å². The summed E-state index contributed by atoms with van der Waals surface area (Å²) in [6.07, 6.45) is 3.52. The number of nitro groups is 1. The van der Waals surface area contributed by atoms with E-state index in [0.29, 0.717) is 5.92 Å². The number of hydrogen-bond acceptors (Lipinski definition) is 6. The Hall–Kier alpha value is -3.64. The first kappa shape index (κ1) is 26.9. The fraction of sp³-hybridized carbons (Fsp3) is 0.533. The van der Waals surface area contributed by atoms with Gasteiger partial charge in [0.1, 0.15) is 0 Å². The number of amides is 1. The summed E-state index contributed by atoms with van der Waals surface area (Å²) in [6.45, 7) is 4.75. The predicted molar refractivity (Wildman–Crippen MR) is 149 cm³/mol. The van der Waals surface area contributed by atoms with E-state index < -0.39 is 11.5 Å². The van der Waals surface area contributed by atoms with Gasteiger partial charge in [0, 0.05) is 62.4 Å². The van der Waals surface area contributed by atoms with Crippen LogP contribution < -0.4 is 4.90 Å². The molecule has 2 saturated heterocycles. The fourth-order valence-corrected chi connectivity index (χ4v) is 7.40. The van der Waals surface area contributed by atoms with Gasteiger partial charge in [0.15, 0.2) is 0 Å². The average Bonchev–Trinajstić information content (AvgIpc) is 3.42. The Kier molecular flexibility index (Phi) is 7.76. The van der Waals surface area contributed by atoms with Gasteiger partial charge in [0.25, 0.3) is 5.69 Å². The van der Waals surface area contributed by atoms with Gasteiger partial charge in [-0.3, -0.25) is 10.1 Å². The first-order valence-corrected chi connectivity index (χ1v) is 14.0. The highest BCUT2D eigenvalue weighted by molar-refractivity contribution is 5.65. The summed E-state index contributed by atoms with van der Waals surface area (Å²) in [5, 5.41) is 31.5. The molecule has 3 aliphatic rings. The van der Waals surface area contributed by atoms with Crippen LogP contribution in [0.15, 0.2) is 54.6 Å². The highest BCUT2D eigenvalue weighted by atomic mass is 16.6. The molecule has 9 heteroatoms. The summed E-state index contributed by atoms with van der Waals surface area (Å²) >= 11 is 0. The number of carboxylic acid groups (broad SMARTS) is 1. The second-order valence-corrected chi connectivity index (χ2v) is 11.5. The molecule has 3 atom stereocenters. The fourth-order valence-electron chi connectivity index (χ4n) is 7.40. The standard InChI is InChI=1S/C30H37N5O4/c1-32(29(36)37)28-9-5-8-27(28)30(21-31,23-6-3-2-4-7-23)24-14-16-33(17-15-24)18-22-19-34(20-22)25-10-12-26(13-11-25)35(38)39/h2-4,6-7,10-13,22,24,27-28H,5,8-9,14-20H2,1H3,(H,36,37)/t27-,28-,30?/m1/s1. The largest absolute Gasteiger partial charge is 0.465 e. The van der Waals surface area contributed by atoms with Crippen LogP contribution in [0.3, 0.4) is 0 Å². The third-order valence-electron chi connectivity index (χ3n) is 9.43. The van der Waals surface area contributed by atoms with Gasteiger partial charge in [-0.1, -0.05) is 36.8 Å². The number of carbonyl (C=O) groups is 1. The molecule has 5 rings (SSSR count). The average molecular weight is 532 g/mol. The lowest BCUT2D eigenvalue weighted by atomic mass is 9.59.